The molecule has 1 atom stereocenters. The fourth-order valence-corrected chi connectivity index (χ4v) is 3.76. The molecule has 0 bridgehead atoms. The summed E-state index contributed by atoms with van der Waals surface area (Å²) in [5.74, 6) is 3.59. The van der Waals surface area contributed by atoms with Crippen molar-refractivity contribution in [2.75, 3.05) is 18.8 Å². The Morgan fingerprint density at radius 2 is 2.00 bits per heavy atom. The van der Waals surface area contributed by atoms with Crippen LogP contribution in [0.4, 0.5) is 0 Å². The molecule has 1 aromatic rings. The first-order valence-corrected chi connectivity index (χ1v) is 8.24. The zero-order chi connectivity index (χ0) is 13.2. The number of rotatable bonds is 2. The minimum absolute atomic E-state index is 0.516. The number of fused-ring (bicyclic) bond motifs is 1. The molecule has 0 spiro atoms. The van der Waals surface area contributed by atoms with Gasteiger partial charge in [-0.25, -0.2) is 4.40 Å². The summed E-state index contributed by atoms with van der Waals surface area (Å²) in [6, 6.07) is 9.20. The summed E-state index contributed by atoms with van der Waals surface area (Å²) in [4.78, 5) is 2.49. The van der Waals surface area contributed by atoms with E-state index in [1.807, 2.05) is 0 Å². The minimum Gasteiger partial charge on any atom is -0.358 e. The molecule has 19 heavy (non-hydrogen) atoms. The summed E-state index contributed by atoms with van der Waals surface area (Å²) in [6.07, 6.45) is 2.54. The molecule has 0 N–H and O–H groups in total. The highest BCUT2D eigenvalue weighted by atomic mass is 32.2. The van der Waals surface area contributed by atoms with Gasteiger partial charge in [0.05, 0.1) is 0 Å². The Labute approximate surface area is 120 Å². The molecule has 2 aliphatic heterocycles. The lowest BCUT2D eigenvalue weighted by atomic mass is 9.88. The molecule has 1 saturated heterocycles. The smallest absolute Gasteiger partial charge is 0.120 e. The van der Waals surface area contributed by atoms with Crippen LogP contribution in [0.3, 0.4) is 0 Å². The zero-order valence-corrected chi connectivity index (χ0v) is 12.6. The lowest BCUT2D eigenvalue weighted by Gasteiger charge is -2.37. The molecule has 0 aliphatic carbocycles. The number of amidine groups is 1. The molecule has 2 nitrogen and oxygen atoms in total. The molecule has 3 heteroatoms. The Morgan fingerprint density at radius 1 is 1.21 bits per heavy atom. The SMILES string of the molecule is CC(C)c1ccc(C2CCCN3CCSN=C23)cc1. The van der Waals surface area contributed by atoms with Crippen molar-refractivity contribution in [3.8, 4) is 0 Å². The van der Waals surface area contributed by atoms with E-state index < -0.39 is 0 Å². The first-order chi connectivity index (χ1) is 9.25. The van der Waals surface area contributed by atoms with Crippen molar-refractivity contribution < 1.29 is 0 Å². The van der Waals surface area contributed by atoms with E-state index in [0.717, 1.165) is 5.75 Å². The Morgan fingerprint density at radius 3 is 2.74 bits per heavy atom. The fraction of sp³-hybridized carbons (Fsp3) is 0.562. The number of nitrogens with zero attached hydrogens (tertiary/aromatic N) is 2. The van der Waals surface area contributed by atoms with Crippen molar-refractivity contribution in [3.63, 3.8) is 0 Å². The first-order valence-electron chi connectivity index (χ1n) is 7.30. The molecule has 0 amide bonds. The van der Waals surface area contributed by atoms with Crippen LogP contribution in [-0.2, 0) is 0 Å². The van der Waals surface area contributed by atoms with E-state index in [9.17, 15) is 0 Å². The fourth-order valence-electron chi connectivity index (χ4n) is 2.99. The lowest BCUT2D eigenvalue weighted by Crippen LogP contribution is -2.42. The Hall–Kier alpha value is -0.960. The van der Waals surface area contributed by atoms with E-state index in [-0.39, 0.29) is 0 Å². The van der Waals surface area contributed by atoms with Crippen LogP contribution in [-0.4, -0.2) is 29.6 Å². The van der Waals surface area contributed by atoms with Gasteiger partial charge in [0.1, 0.15) is 5.84 Å². The third-order valence-electron chi connectivity index (χ3n) is 4.17. The highest BCUT2D eigenvalue weighted by Gasteiger charge is 2.29. The average molecular weight is 274 g/mol. The highest BCUT2D eigenvalue weighted by Crippen LogP contribution is 2.33. The number of benzene rings is 1. The van der Waals surface area contributed by atoms with E-state index in [1.54, 1.807) is 11.9 Å². The average Bonchev–Trinajstić information content (AvgIpc) is 2.47. The van der Waals surface area contributed by atoms with Gasteiger partial charge in [0, 0.05) is 24.8 Å². The molecule has 1 fully saturated rings. The van der Waals surface area contributed by atoms with Gasteiger partial charge in [-0.15, -0.1) is 0 Å². The van der Waals surface area contributed by atoms with Gasteiger partial charge in [-0.3, -0.25) is 0 Å². The van der Waals surface area contributed by atoms with E-state index >= 15 is 0 Å². The summed E-state index contributed by atoms with van der Waals surface area (Å²) in [5.41, 5.74) is 2.87. The van der Waals surface area contributed by atoms with Crippen LogP contribution >= 0.6 is 11.9 Å². The minimum atomic E-state index is 0.516. The summed E-state index contributed by atoms with van der Waals surface area (Å²) in [7, 11) is 0. The summed E-state index contributed by atoms with van der Waals surface area (Å²) in [5, 5.41) is 0. The van der Waals surface area contributed by atoms with Gasteiger partial charge in [-0.2, -0.15) is 0 Å². The van der Waals surface area contributed by atoms with Crippen LogP contribution in [0.2, 0.25) is 0 Å². The number of hydrogen-bond donors (Lipinski definition) is 0. The van der Waals surface area contributed by atoms with Crippen LogP contribution in [0, 0.1) is 0 Å². The maximum Gasteiger partial charge on any atom is 0.120 e. The molecule has 1 aromatic carbocycles. The van der Waals surface area contributed by atoms with Crippen molar-refractivity contribution in [1.29, 1.82) is 0 Å². The quantitative estimate of drug-likeness (QED) is 0.756. The Balaban J connectivity index is 1.85. The Kier molecular flexibility index (Phi) is 3.83. The monoisotopic (exact) mass is 274 g/mol. The maximum atomic E-state index is 4.73. The van der Waals surface area contributed by atoms with Gasteiger partial charge >= 0.3 is 0 Å². The van der Waals surface area contributed by atoms with E-state index in [0.29, 0.717) is 11.8 Å². The van der Waals surface area contributed by atoms with E-state index in [2.05, 4.69) is 43.0 Å². The van der Waals surface area contributed by atoms with Crippen molar-refractivity contribution in [2.45, 2.75) is 38.5 Å². The topological polar surface area (TPSA) is 15.6 Å². The Bertz CT molecular complexity index is 464. The lowest BCUT2D eigenvalue weighted by molar-refractivity contribution is 0.371. The number of piperidine rings is 1. The molecule has 3 rings (SSSR count). The van der Waals surface area contributed by atoms with Crippen LogP contribution in [0.15, 0.2) is 28.7 Å². The largest absolute Gasteiger partial charge is 0.358 e. The van der Waals surface area contributed by atoms with E-state index in [4.69, 9.17) is 4.40 Å². The van der Waals surface area contributed by atoms with Gasteiger partial charge < -0.3 is 4.90 Å². The zero-order valence-electron chi connectivity index (χ0n) is 11.8. The van der Waals surface area contributed by atoms with Gasteiger partial charge in [-0.05, 0) is 41.8 Å². The maximum absolute atomic E-state index is 4.73. The molecule has 0 aromatic heterocycles. The molecule has 2 aliphatic rings. The number of hydrogen-bond acceptors (Lipinski definition) is 3. The highest BCUT2D eigenvalue weighted by molar-refractivity contribution is 7.98. The van der Waals surface area contributed by atoms with Crippen molar-refractivity contribution >= 4 is 17.8 Å². The van der Waals surface area contributed by atoms with Crippen molar-refractivity contribution in [3.05, 3.63) is 35.4 Å². The molecule has 102 valence electrons. The molecule has 0 saturated carbocycles. The van der Waals surface area contributed by atoms with Crippen LogP contribution in [0.5, 0.6) is 0 Å². The van der Waals surface area contributed by atoms with Gasteiger partial charge in [-0.1, -0.05) is 38.1 Å². The van der Waals surface area contributed by atoms with Crippen molar-refractivity contribution in [2.24, 2.45) is 4.40 Å². The second kappa shape index (κ2) is 5.58. The van der Waals surface area contributed by atoms with Crippen LogP contribution in [0.25, 0.3) is 0 Å². The summed E-state index contributed by atoms with van der Waals surface area (Å²) < 4.78 is 4.73. The van der Waals surface area contributed by atoms with E-state index in [1.165, 1.54) is 42.9 Å². The predicted molar refractivity (Wildman–Crippen MR) is 84.0 cm³/mol. The molecular formula is C16H22N2S. The van der Waals surface area contributed by atoms with Crippen LogP contribution < -0.4 is 0 Å². The van der Waals surface area contributed by atoms with Crippen LogP contribution in [0.1, 0.15) is 49.7 Å². The normalized spacial score (nSPS) is 23.2. The standard InChI is InChI=1S/C16H22N2S/c1-12(2)13-5-7-14(8-6-13)15-4-3-9-18-10-11-19-17-16(15)18/h5-8,12,15H,3-4,9-11H2,1-2H3. The van der Waals surface area contributed by atoms with Crippen molar-refractivity contribution in [1.82, 2.24) is 4.90 Å². The summed E-state index contributed by atoms with van der Waals surface area (Å²) in [6.45, 7) is 6.86. The second-order valence-electron chi connectivity index (χ2n) is 5.79. The third kappa shape index (κ3) is 2.66. The summed E-state index contributed by atoms with van der Waals surface area (Å²) >= 11 is 1.73. The molecule has 0 radical (unpaired) electrons. The predicted octanol–water partition coefficient (Wildman–Crippen LogP) is 4.05. The second-order valence-corrected chi connectivity index (χ2v) is 6.63. The molecule has 1 unspecified atom stereocenters. The van der Waals surface area contributed by atoms with Gasteiger partial charge in [0.2, 0.25) is 0 Å². The molecule has 2 heterocycles. The first kappa shape index (κ1) is 13.0. The van der Waals surface area contributed by atoms with Gasteiger partial charge in [0.25, 0.3) is 0 Å². The van der Waals surface area contributed by atoms with Gasteiger partial charge in [0.15, 0.2) is 0 Å². The molecular weight excluding hydrogens is 252 g/mol. The third-order valence-corrected chi connectivity index (χ3v) is 4.85.